The summed E-state index contributed by atoms with van der Waals surface area (Å²) in [6.07, 6.45) is 5.27. The van der Waals surface area contributed by atoms with Crippen molar-refractivity contribution in [2.24, 2.45) is 0 Å². The molecule has 4 nitrogen and oxygen atoms in total. The van der Waals surface area contributed by atoms with Gasteiger partial charge < -0.3 is 4.42 Å². The van der Waals surface area contributed by atoms with E-state index >= 15 is 0 Å². The molecule has 1 saturated carbocycles. The number of hydrogen-bond donors (Lipinski definition) is 0. The first-order valence-electron chi connectivity index (χ1n) is 7.58. The molecule has 5 heteroatoms. The van der Waals surface area contributed by atoms with Crippen LogP contribution in [0.3, 0.4) is 0 Å². The summed E-state index contributed by atoms with van der Waals surface area (Å²) in [5.74, 6) is 1.30. The quantitative estimate of drug-likeness (QED) is 0.808. The van der Waals surface area contributed by atoms with Gasteiger partial charge in [0, 0.05) is 16.1 Å². The van der Waals surface area contributed by atoms with Crippen LogP contribution in [-0.2, 0) is 6.54 Å². The highest BCUT2D eigenvalue weighted by molar-refractivity contribution is 9.10. The topological polar surface area (TPSA) is 42.2 Å². The molecule has 0 radical (unpaired) electrons. The van der Waals surface area contributed by atoms with Crippen LogP contribution in [0.15, 0.2) is 33.2 Å². The van der Waals surface area contributed by atoms with Crippen LogP contribution < -0.4 is 0 Å². The zero-order valence-corrected chi connectivity index (χ0v) is 13.8. The lowest BCUT2D eigenvalue weighted by Gasteiger charge is -2.25. The van der Waals surface area contributed by atoms with Gasteiger partial charge in [0.15, 0.2) is 0 Å². The van der Waals surface area contributed by atoms with Crippen molar-refractivity contribution >= 4 is 15.9 Å². The van der Waals surface area contributed by atoms with E-state index in [1.165, 1.54) is 25.7 Å². The summed E-state index contributed by atoms with van der Waals surface area (Å²) in [6, 6.07) is 8.61. The molecule has 1 aromatic heterocycles. The number of halogens is 1. The van der Waals surface area contributed by atoms with Gasteiger partial charge in [-0.25, -0.2) is 0 Å². The van der Waals surface area contributed by atoms with E-state index in [4.69, 9.17) is 4.42 Å². The Morgan fingerprint density at radius 1 is 1.29 bits per heavy atom. The Balaban J connectivity index is 1.72. The molecule has 0 saturated heterocycles. The van der Waals surface area contributed by atoms with Gasteiger partial charge in [-0.2, -0.15) is 0 Å². The van der Waals surface area contributed by atoms with Crippen molar-refractivity contribution in [1.29, 1.82) is 0 Å². The van der Waals surface area contributed by atoms with Gasteiger partial charge in [-0.1, -0.05) is 41.8 Å². The zero-order valence-electron chi connectivity index (χ0n) is 12.3. The van der Waals surface area contributed by atoms with E-state index in [0.29, 0.717) is 17.8 Å². The molecule has 2 aromatic rings. The Labute approximate surface area is 133 Å². The molecule has 21 heavy (non-hydrogen) atoms. The van der Waals surface area contributed by atoms with Crippen LogP contribution in [0.5, 0.6) is 0 Å². The molecule has 3 rings (SSSR count). The van der Waals surface area contributed by atoms with Crippen LogP contribution in [0.1, 0.15) is 38.5 Å². The average Bonchev–Trinajstić information content (AvgIpc) is 3.16. The summed E-state index contributed by atoms with van der Waals surface area (Å²) in [5.41, 5.74) is 0.951. The average molecular weight is 350 g/mol. The number of rotatable bonds is 5. The van der Waals surface area contributed by atoms with E-state index in [-0.39, 0.29) is 0 Å². The Bertz CT molecular complexity index is 593. The predicted molar refractivity (Wildman–Crippen MR) is 85.8 cm³/mol. The molecule has 0 amide bonds. The largest absolute Gasteiger partial charge is 0.419 e. The molecular formula is C16H20BrN3O. The van der Waals surface area contributed by atoms with Gasteiger partial charge in [-0.3, -0.25) is 4.90 Å². The highest BCUT2D eigenvalue weighted by Crippen LogP contribution is 2.26. The summed E-state index contributed by atoms with van der Waals surface area (Å²) < 4.78 is 6.85. The monoisotopic (exact) mass is 349 g/mol. The van der Waals surface area contributed by atoms with Crippen LogP contribution in [0, 0.1) is 0 Å². The number of aromatic nitrogens is 2. The predicted octanol–water partition coefficient (Wildman–Crippen LogP) is 4.26. The molecule has 1 aliphatic carbocycles. The number of hydrogen-bond acceptors (Lipinski definition) is 4. The lowest BCUT2D eigenvalue weighted by molar-refractivity contribution is 0.182. The highest BCUT2D eigenvalue weighted by atomic mass is 79.9. The van der Waals surface area contributed by atoms with Gasteiger partial charge in [0.25, 0.3) is 0 Å². The van der Waals surface area contributed by atoms with Gasteiger partial charge in [0.05, 0.1) is 6.54 Å². The van der Waals surface area contributed by atoms with E-state index < -0.39 is 0 Å². The lowest BCUT2D eigenvalue weighted by Crippen LogP contribution is -2.32. The molecule has 0 bridgehead atoms. The molecule has 0 spiro atoms. The minimum Gasteiger partial charge on any atom is -0.419 e. The van der Waals surface area contributed by atoms with Crippen molar-refractivity contribution in [1.82, 2.24) is 15.1 Å². The summed E-state index contributed by atoms with van der Waals surface area (Å²) in [5, 5.41) is 8.39. The molecular weight excluding hydrogens is 330 g/mol. The third-order valence-corrected chi connectivity index (χ3v) is 4.62. The van der Waals surface area contributed by atoms with Crippen LogP contribution in [0.4, 0.5) is 0 Å². The Hall–Kier alpha value is -1.20. The molecule has 1 aromatic carbocycles. The Morgan fingerprint density at radius 2 is 2.10 bits per heavy atom. The normalized spacial score (nSPS) is 16.0. The summed E-state index contributed by atoms with van der Waals surface area (Å²) in [6.45, 7) is 3.98. The first kappa shape index (κ1) is 14.7. The van der Waals surface area contributed by atoms with Gasteiger partial charge in [-0.05, 0) is 37.6 Å². The smallest absolute Gasteiger partial charge is 0.247 e. The Kier molecular flexibility index (Phi) is 4.70. The van der Waals surface area contributed by atoms with Crippen LogP contribution in [0.25, 0.3) is 11.5 Å². The number of benzene rings is 1. The van der Waals surface area contributed by atoms with E-state index in [1.807, 2.05) is 24.3 Å². The maximum absolute atomic E-state index is 5.83. The molecule has 1 aliphatic rings. The van der Waals surface area contributed by atoms with Crippen molar-refractivity contribution in [2.45, 2.75) is 45.2 Å². The number of nitrogens with zero attached hydrogens (tertiary/aromatic N) is 3. The molecule has 0 unspecified atom stereocenters. The fraction of sp³-hybridized carbons (Fsp3) is 0.500. The second-order valence-corrected chi connectivity index (χ2v) is 6.43. The van der Waals surface area contributed by atoms with Gasteiger partial charge in [-0.15, -0.1) is 10.2 Å². The fourth-order valence-corrected chi connectivity index (χ4v) is 3.40. The molecule has 1 fully saturated rings. The van der Waals surface area contributed by atoms with Gasteiger partial charge in [0.1, 0.15) is 0 Å². The van der Waals surface area contributed by atoms with E-state index in [0.717, 1.165) is 23.1 Å². The van der Waals surface area contributed by atoms with Crippen LogP contribution in [-0.4, -0.2) is 27.7 Å². The second kappa shape index (κ2) is 6.71. The first-order chi connectivity index (χ1) is 10.3. The molecule has 0 atom stereocenters. The van der Waals surface area contributed by atoms with Crippen molar-refractivity contribution in [3.63, 3.8) is 0 Å². The van der Waals surface area contributed by atoms with Crippen LogP contribution >= 0.6 is 15.9 Å². The summed E-state index contributed by atoms with van der Waals surface area (Å²) in [7, 11) is 0. The maximum Gasteiger partial charge on any atom is 0.247 e. The second-order valence-electron chi connectivity index (χ2n) is 5.51. The molecule has 0 N–H and O–H groups in total. The minimum absolute atomic E-state index is 0.591. The summed E-state index contributed by atoms with van der Waals surface area (Å²) >= 11 is 3.46. The van der Waals surface area contributed by atoms with Gasteiger partial charge in [0.2, 0.25) is 11.8 Å². The van der Waals surface area contributed by atoms with Crippen molar-refractivity contribution < 1.29 is 4.42 Å². The minimum atomic E-state index is 0.591. The van der Waals surface area contributed by atoms with Gasteiger partial charge >= 0.3 is 0 Å². The fourth-order valence-electron chi connectivity index (χ4n) is 3.00. The van der Waals surface area contributed by atoms with E-state index in [2.05, 4.69) is 38.0 Å². The molecule has 1 heterocycles. The lowest BCUT2D eigenvalue weighted by atomic mass is 10.2. The zero-order chi connectivity index (χ0) is 14.7. The molecule has 112 valence electrons. The third kappa shape index (κ3) is 3.52. The molecule has 0 aliphatic heterocycles. The van der Waals surface area contributed by atoms with Crippen LogP contribution in [0.2, 0.25) is 0 Å². The maximum atomic E-state index is 5.83. The SMILES string of the molecule is CCN(Cc1nnc(-c2cccc(Br)c2)o1)C1CCCC1. The first-order valence-corrected chi connectivity index (χ1v) is 8.38. The Morgan fingerprint density at radius 3 is 2.81 bits per heavy atom. The van der Waals surface area contributed by atoms with Crippen molar-refractivity contribution in [3.8, 4) is 11.5 Å². The summed E-state index contributed by atoms with van der Waals surface area (Å²) in [4.78, 5) is 2.45. The van der Waals surface area contributed by atoms with E-state index in [1.54, 1.807) is 0 Å². The van der Waals surface area contributed by atoms with E-state index in [9.17, 15) is 0 Å². The standard InChI is InChI=1S/C16H20BrN3O/c1-2-20(14-8-3-4-9-14)11-15-18-19-16(21-15)12-6-5-7-13(17)10-12/h5-7,10,14H,2-4,8-9,11H2,1H3. The highest BCUT2D eigenvalue weighted by Gasteiger charge is 2.23. The van der Waals surface area contributed by atoms with Crippen molar-refractivity contribution in [3.05, 3.63) is 34.6 Å². The third-order valence-electron chi connectivity index (χ3n) is 4.12. The van der Waals surface area contributed by atoms with Crippen molar-refractivity contribution in [2.75, 3.05) is 6.54 Å².